The van der Waals surface area contributed by atoms with Crippen LogP contribution in [0.25, 0.3) is 0 Å². The molecular formula is C25H25ClFN3O5. The number of carbonyl (C=O) groups excluding carboxylic acids is 2. The highest BCUT2D eigenvalue weighted by atomic mass is 35.5. The normalized spacial score (nSPS) is 27.3. The van der Waals surface area contributed by atoms with Crippen LogP contribution in [-0.4, -0.2) is 55.6 Å². The molecule has 1 spiro atoms. The van der Waals surface area contributed by atoms with Crippen LogP contribution in [0, 0.1) is 17.7 Å². The van der Waals surface area contributed by atoms with Gasteiger partial charge in [-0.15, -0.1) is 0 Å². The van der Waals surface area contributed by atoms with Crippen LogP contribution in [0.3, 0.4) is 0 Å². The molecule has 35 heavy (non-hydrogen) atoms. The third-order valence-corrected chi connectivity index (χ3v) is 8.38. The molecule has 10 heteroatoms. The molecular weight excluding hydrogens is 477 g/mol. The average Bonchev–Trinajstić information content (AvgIpc) is 3.46. The molecule has 0 bridgehead atoms. The van der Waals surface area contributed by atoms with E-state index >= 15 is 0 Å². The fraction of sp³-hybridized carbons (Fsp3) is 0.480. The highest BCUT2D eigenvalue weighted by Gasteiger charge is 2.67. The van der Waals surface area contributed by atoms with Crippen molar-refractivity contribution in [3.05, 3.63) is 61.8 Å². The number of β-amino-alcohol motifs (C(OH)–C–C–N with tert-alkyl or cyclic N) is 1. The Balaban J connectivity index is 1.45. The van der Waals surface area contributed by atoms with Gasteiger partial charge in [0.05, 0.1) is 16.7 Å². The predicted octanol–water partition coefficient (Wildman–Crippen LogP) is 2.46. The van der Waals surface area contributed by atoms with Gasteiger partial charge in [0.15, 0.2) is 5.75 Å². The number of aliphatic hydroxyl groups excluding tert-OH is 1. The van der Waals surface area contributed by atoms with Crippen molar-refractivity contribution >= 4 is 23.4 Å². The number of amides is 2. The zero-order chi connectivity index (χ0) is 24.8. The number of benzene rings is 1. The van der Waals surface area contributed by atoms with Gasteiger partial charge in [0.25, 0.3) is 17.4 Å². The zero-order valence-electron chi connectivity index (χ0n) is 19.1. The topological polar surface area (TPSA) is 103 Å². The molecule has 2 N–H and O–H groups in total. The average molecular weight is 502 g/mol. The van der Waals surface area contributed by atoms with Gasteiger partial charge in [-0.05, 0) is 56.2 Å². The second kappa shape index (κ2) is 7.54. The van der Waals surface area contributed by atoms with E-state index in [1.165, 1.54) is 27.7 Å². The Morgan fingerprint density at radius 3 is 2.66 bits per heavy atom. The van der Waals surface area contributed by atoms with Crippen molar-refractivity contribution in [1.29, 1.82) is 0 Å². The maximum absolute atomic E-state index is 13.7. The van der Waals surface area contributed by atoms with E-state index in [9.17, 15) is 29.0 Å². The Morgan fingerprint density at radius 1 is 1.26 bits per heavy atom. The molecule has 4 aliphatic rings. The van der Waals surface area contributed by atoms with Crippen molar-refractivity contribution in [1.82, 2.24) is 14.4 Å². The van der Waals surface area contributed by atoms with Crippen molar-refractivity contribution < 1.29 is 24.2 Å². The van der Waals surface area contributed by atoms with Gasteiger partial charge < -0.3 is 20.0 Å². The number of carbonyl (C=O) groups is 2. The van der Waals surface area contributed by atoms with Gasteiger partial charge in [-0.2, -0.15) is 0 Å². The summed E-state index contributed by atoms with van der Waals surface area (Å²) in [4.78, 5) is 43.8. The molecule has 1 aromatic heterocycles. The molecule has 4 atom stereocenters. The van der Waals surface area contributed by atoms with E-state index < -0.39 is 34.8 Å². The highest BCUT2D eigenvalue weighted by molar-refractivity contribution is 6.30. The number of hydrogen-bond donors (Lipinski definition) is 2. The first-order valence-corrected chi connectivity index (χ1v) is 12.3. The number of rotatable bonds is 4. The van der Waals surface area contributed by atoms with E-state index in [0.717, 1.165) is 12.8 Å². The lowest BCUT2D eigenvalue weighted by molar-refractivity contribution is 0.00469. The van der Waals surface area contributed by atoms with Gasteiger partial charge in [0, 0.05) is 31.1 Å². The fourth-order valence-electron chi connectivity index (χ4n) is 6.55. The number of hydrogen-bond acceptors (Lipinski definition) is 5. The zero-order valence-corrected chi connectivity index (χ0v) is 19.9. The minimum absolute atomic E-state index is 0.0599. The van der Waals surface area contributed by atoms with Crippen molar-refractivity contribution in [2.24, 2.45) is 11.8 Å². The van der Waals surface area contributed by atoms with E-state index in [4.69, 9.17) is 11.6 Å². The summed E-state index contributed by atoms with van der Waals surface area (Å²) in [5, 5.41) is 21.1. The smallest absolute Gasteiger partial charge is 0.296 e. The predicted molar refractivity (Wildman–Crippen MR) is 124 cm³/mol. The molecule has 2 aliphatic heterocycles. The van der Waals surface area contributed by atoms with Crippen LogP contribution < -0.4 is 5.56 Å². The molecule has 8 nitrogen and oxygen atoms in total. The van der Waals surface area contributed by atoms with Crippen LogP contribution in [0.15, 0.2) is 23.0 Å². The third kappa shape index (κ3) is 3.04. The van der Waals surface area contributed by atoms with Crippen molar-refractivity contribution in [3.63, 3.8) is 0 Å². The number of fused-ring (bicyclic) bond motifs is 6. The molecule has 2 fully saturated rings. The van der Waals surface area contributed by atoms with Gasteiger partial charge in [0.2, 0.25) is 0 Å². The quantitative estimate of drug-likeness (QED) is 0.670. The van der Waals surface area contributed by atoms with Crippen LogP contribution in [0.4, 0.5) is 4.39 Å². The molecule has 2 aromatic rings. The van der Waals surface area contributed by atoms with E-state index in [-0.39, 0.29) is 54.2 Å². The number of aromatic hydroxyl groups is 1. The number of aromatic nitrogens is 1. The van der Waals surface area contributed by atoms with Gasteiger partial charge in [-0.1, -0.05) is 17.7 Å². The first-order chi connectivity index (χ1) is 16.6. The molecule has 2 amide bonds. The first-order valence-electron chi connectivity index (χ1n) is 11.9. The number of pyridine rings is 1. The van der Waals surface area contributed by atoms with E-state index in [2.05, 4.69) is 0 Å². The standard InChI is InChI=1S/C25H25ClFN3O5/c1-12(31)10-29-23(34)20-15-5-7-28(11-13-2-3-18(27)17(26)8-13)22(33)19(15)21(32)24(35)30(20)25(29)6-4-14-9-16(14)25/h2-3,8,12,14,16,31-32H,4-7,9-11H2,1H3/t12-,14-,16+,25-/m0/s1. The minimum atomic E-state index is -0.900. The Kier molecular flexibility index (Phi) is 4.86. The van der Waals surface area contributed by atoms with Crippen LogP contribution >= 0.6 is 11.6 Å². The molecule has 3 heterocycles. The Morgan fingerprint density at radius 2 is 2.03 bits per heavy atom. The van der Waals surface area contributed by atoms with Crippen molar-refractivity contribution in [3.8, 4) is 5.75 Å². The lowest BCUT2D eigenvalue weighted by Gasteiger charge is -2.38. The highest BCUT2D eigenvalue weighted by Crippen LogP contribution is 2.64. The van der Waals surface area contributed by atoms with Gasteiger partial charge in [-0.25, -0.2) is 4.39 Å². The van der Waals surface area contributed by atoms with E-state index in [1.54, 1.807) is 11.8 Å². The summed E-state index contributed by atoms with van der Waals surface area (Å²) in [5.41, 5.74) is -0.644. The SMILES string of the molecule is C[C@H](O)CN1C(=O)c2c3c(c(O)c(=O)n2[C@]12CC[C@H]1C[C@H]12)C(=O)N(Cc1ccc(F)c(Cl)c1)CC3. The summed E-state index contributed by atoms with van der Waals surface area (Å²) in [6.45, 7) is 2.05. The molecule has 1 aromatic carbocycles. The summed E-state index contributed by atoms with van der Waals surface area (Å²) in [7, 11) is 0. The largest absolute Gasteiger partial charge is 0.502 e. The number of nitrogens with zero attached hydrogens (tertiary/aromatic N) is 3. The molecule has 6 rings (SSSR count). The molecule has 184 valence electrons. The summed E-state index contributed by atoms with van der Waals surface area (Å²) in [5.74, 6) is -1.64. The van der Waals surface area contributed by atoms with Crippen molar-refractivity contribution in [2.75, 3.05) is 13.1 Å². The van der Waals surface area contributed by atoms with Gasteiger partial charge in [-0.3, -0.25) is 19.0 Å². The molecule has 0 unspecified atom stereocenters. The number of aliphatic hydroxyl groups is 1. The second-order valence-corrected chi connectivity index (χ2v) is 10.6. The minimum Gasteiger partial charge on any atom is -0.502 e. The van der Waals surface area contributed by atoms with Crippen LogP contribution in [-0.2, 0) is 18.6 Å². The summed E-state index contributed by atoms with van der Waals surface area (Å²) in [6.07, 6.45) is 1.82. The first kappa shape index (κ1) is 22.5. The van der Waals surface area contributed by atoms with Crippen LogP contribution in [0.2, 0.25) is 5.02 Å². The molecule has 2 saturated carbocycles. The Bertz CT molecular complexity index is 1360. The van der Waals surface area contributed by atoms with Crippen molar-refractivity contribution in [2.45, 2.75) is 50.9 Å². The maximum atomic E-state index is 13.7. The monoisotopic (exact) mass is 501 g/mol. The Hall–Kier alpha value is -2.91. The van der Waals surface area contributed by atoms with Crippen LogP contribution in [0.5, 0.6) is 5.75 Å². The van der Waals surface area contributed by atoms with E-state index in [0.29, 0.717) is 23.5 Å². The van der Waals surface area contributed by atoms with Gasteiger partial charge >= 0.3 is 0 Å². The van der Waals surface area contributed by atoms with Crippen LogP contribution in [0.1, 0.15) is 58.2 Å². The third-order valence-electron chi connectivity index (χ3n) is 8.09. The molecule has 0 saturated heterocycles. The lowest BCUT2D eigenvalue weighted by atomic mass is 9.95. The molecule has 2 aliphatic carbocycles. The second-order valence-electron chi connectivity index (χ2n) is 10.2. The lowest BCUT2D eigenvalue weighted by Crippen LogP contribution is -2.52. The summed E-state index contributed by atoms with van der Waals surface area (Å²) >= 11 is 5.88. The number of halogens is 2. The maximum Gasteiger partial charge on any atom is 0.296 e. The van der Waals surface area contributed by atoms with Gasteiger partial charge in [0.1, 0.15) is 17.2 Å². The summed E-state index contributed by atoms with van der Waals surface area (Å²) < 4.78 is 15.0. The Labute approximate surface area is 205 Å². The summed E-state index contributed by atoms with van der Waals surface area (Å²) in [6, 6.07) is 4.18. The fourth-order valence-corrected chi connectivity index (χ4v) is 6.76. The van der Waals surface area contributed by atoms with E-state index in [1.807, 2.05) is 0 Å². The molecule has 0 radical (unpaired) electrons.